The van der Waals surface area contributed by atoms with Crippen LogP contribution in [0.3, 0.4) is 0 Å². The number of rotatable bonds is 5. The molecule has 1 unspecified atom stereocenters. The predicted octanol–water partition coefficient (Wildman–Crippen LogP) is 5.02. The van der Waals surface area contributed by atoms with Gasteiger partial charge >= 0.3 is 0 Å². The molecular formula is C18H22BrN. The number of hydrogen-bond acceptors (Lipinski definition) is 1. The van der Waals surface area contributed by atoms with Gasteiger partial charge in [-0.15, -0.1) is 0 Å². The Morgan fingerprint density at radius 2 is 1.90 bits per heavy atom. The molecule has 2 heteroatoms. The van der Waals surface area contributed by atoms with E-state index < -0.39 is 0 Å². The van der Waals surface area contributed by atoms with Gasteiger partial charge in [0.1, 0.15) is 0 Å². The quantitative estimate of drug-likeness (QED) is 0.811. The van der Waals surface area contributed by atoms with Gasteiger partial charge in [-0.3, -0.25) is 0 Å². The Kier molecular flexibility index (Phi) is 5.38. The van der Waals surface area contributed by atoms with E-state index in [0.29, 0.717) is 0 Å². The maximum atomic E-state index is 3.61. The minimum atomic E-state index is 0.264. The summed E-state index contributed by atoms with van der Waals surface area (Å²) < 4.78 is 1.14. The Morgan fingerprint density at radius 1 is 1.10 bits per heavy atom. The summed E-state index contributed by atoms with van der Waals surface area (Å²) in [6.45, 7) is 7.49. The van der Waals surface area contributed by atoms with Gasteiger partial charge in [-0.1, -0.05) is 60.1 Å². The number of benzene rings is 2. The highest BCUT2D eigenvalue weighted by atomic mass is 79.9. The highest BCUT2D eigenvalue weighted by Crippen LogP contribution is 2.27. The van der Waals surface area contributed by atoms with Crippen LogP contribution in [0.2, 0.25) is 0 Å². The largest absolute Gasteiger partial charge is 0.307 e. The molecule has 0 radical (unpaired) electrons. The zero-order chi connectivity index (χ0) is 14.5. The highest BCUT2D eigenvalue weighted by molar-refractivity contribution is 9.10. The lowest BCUT2D eigenvalue weighted by Crippen LogP contribution is -2.22. The maximum Gasteiger partial charge on any atom is 0.0579 e. The van der Waals surface area contributed by atoms with E-state index in [4.69, 9.17) is 0 Å². The first-order valence-corrected chi connectivity index (χ1v) is 8.03. The first-order valence-electron chi connectivity index (χ1n) is 7.24. The van der Waals surface area contributed by atoms with Crippen molar-refractivity contribution in [2.75, 3.05) is 6.54 Å². The van der Waals surface area contributed by atoms with E-state index in [0.717, 1.165) is 17.4 Å². The van der Waals surface area contributed by atoms with E-state index in [1.165, 1.54) is 22.3 Å². The summed E-state index contributed by atoms with van der Waals surface area (Å²) in [7, 11) is 0. The lowest BCUT2D eigenvalue weighted by atomic mass is 9.93. The molecule has 0 aromatic heterocycles. The van der Waals surface area contributed by atoms with Gasteiger partial charge in [0, 0.05) is 4.47 Å². The minimum Gasteiger partial charge on any atom is -0.307 e. The topological polar surface area (TPSA) is 12.0 Å². The van der Waals surface area contributed by atoms with Crippen LogP contribution in [0.5, 0.6) is 0 Å². The molecule has 0 amide bonds. The minimum absolute atomic E-state index is 0.264. The average molecular weight is 332 g/mol. The molecule has 1 atom stereocenters. The summed E-state index contributed by atoms with van der Waals surface area (Å²) in [6, 6.07) is 15.7. The second kappa shape index (κ2) is 7.05. The number of halogens is 1. The van der Waals surface area contributed by atoms with Crippen molar-refractivity contribution < 1.29 is 0 Å². The van der Waals surface area contributed by atoms with Gasteiger partial charge < -0.3 is 5.32 Å². The molecule has 2 rings (SSSR count). The Hall–Kier alpha value is -1.12. The third-order valence-electron chi connectivity index (χ3n) is 3.64. The van der Waals surface area contributed by atoms with Crippen molar-refractivity contribution in [3.8, 4) is 0 Å². The summed E-state index contributed by atoms with van der Waals surface area (Å²) >= 11 is 3.54. The zero-order valence-electron chi connectivity index (χ0n) is 12.4. The van der Waals surface area contributed by atoms with Gasteiger partial charge in [-0.2, -0.15) is 0 Å². The molecule has 0 heterocycles. The summed E-state index contributed by atoms with van der Waals surface area (Å²) in [5.41, 5.74) is 5.40. The summed E-state index contributed by atoms with van der Waals surface area (Å²) in [5.74, 6) is 0. The first-order chi connectivity index (χ1) is 9.65. The van der Waals surface area contributed by atoms with Crippen molar-refractivity contribution in [1.82, 2.24) is 5.32 Å². The van der Waals surface area contributed by atoms with Gasteiger partial charge in [-0.05, 0) is 54.3 Å². The molecule has 1 N–H and O–H groups in total. The monoisotopic (exact) mass is 331 g/mol. The van der Waals surface area contributed by atoms with Gasteiger partial charge in [0.05, 0.1) is 6.04 Å². The van der Waals surface area contributed by atoms with Crippen molar-refractivity contribution in [3.05, 3.63) is 69.2 Å². The van der Waals surface area contributed by atoms with Crippen molar-refractivity contribution in [2.24, 2.45) is 0 Å². The van der Waals surface area contributed by atoms with E-state index in [9.17, 15) is 0 Å². The van der Waals surface area contributed by atoms with E-state index >= 15 is 0 Å². The fourth-order valence-electron chi connectivity index (χ4n) is 2.57. The Bertz CT molecular complexity index is 577. The molecule has 0 aliphatic carbocycles. The maximum absolute atomic E-state index is 3.61. The molecule has 2 aromatic carbocycles. The lowest BCUT2D eigenvalue weighted by molar-refractivity contribution is 0.627. The number of hydrogen-bond donors (Lipinski definition) is 1. The molecule has 0 aliphatic heterocycles. The van der Waals surface area contributed by atoms with Crippen LogP contribution in [-0.2, 0) is 6.42 Å². The molecule has 2 aromatic rings. The summed E-state index contributed by atoms with van der Waals surface area (Å²) in [6.07, 6.45) is 1.08. The fourth-order valence-corrected chi connectivity index (χ4v) is 3.04. The van der Waals surface area contributed by atoms with Gasteiger partial charge in [0.15, 0.2) is 0 Å². The first kappa shape index (κ1) is 15.3. The van der Waals surface area contributed by atoms with Gasteiger partial charge in [0.25, 0.3) is 0 Å². The normalized spacial score (nSPS) is 12.4. The molecular weight excluding hydrogens is 310 g/mol. The Labute approximate surface area is 130 Å². The van der Waals surface area contributed by atoms with Crippen LogP contribution in [0.25, 0.3) is 0 Å². The molecule has 0 saturated carbocycles. The smallest absolute Gasteiger partial charge is 0.0579 e. The van der Waals surface area contributed by atoms with Crippen LogP contribution in [0.15, 0.2) is 46.9 Å². The van der Waals surface area contributed by atoms with Crippen LogP contribution >= 0.6 is 15.9 Å². The third-order valence-corrected chi connectivity index (χ3v) is 4.14. The number of aryl methyl sites for hydroxylation is 2. The second-order valence-electron chi connectivity index (χ2n) is 5.09. The molecule has 106 valence electrons. The Morgan fingerprint density at radius 3 is 2.55 bits per heavy atom. The van der Waals surface area contributed by atoms with Crippen molar-refractivity contribution in [3.63, 3.8) is 0 Å². The summed E-state index contributed by atoms with van der Waals surface area (Å²) in [4.78, 5) is 0. The third kappa shape index (κ3) is 3.50. The summed E-state index contributed by atoms with van der Waals surface area (Å²) in [5, 5.41) is 3.61. The second-order valence-corrected chi connectivity index (χ2v) is 6.01. The number of nitrogens with one attached hydrogen (secondary N) is 1. The predicted molar refractivity (Wildman–Crippen MR) is 90.2 cm³/mol. The van der Waals surface area contributed by atoms with Crippen LogP contribution in [0, 0.1) is 6.92 Å². The molecule has 0 bridgehead atoms. The molecule has 0 aliphatic rings. The highest BCUT2D eigenvalue weighted by Gasteiger charge is 2.15. The SMILES string of the molecule is CCNC(c1cccc(CC)c1)c1ccc(Br)cc1C. The average Bonchev–Trinajstić information content (AvgIpc) is 2.45. The standard InChI is InChI=1S/C18H22BrN/c1-4-14-7-6-8-15(12-14)18(20-5-2)17-10-9-16(19)11-13(17)3/h6-12,18,20H,4-5H2,1-3H3. The van der Waals surface area contributed by atoms with Gasteiger partial charge in [0.2, 0.25) is 0 Å². The van der Waals surface area contributed by atoms with Gasteiger partial charge in [-0.25, -0.2) is 0 Å². The van der Waals surface area contributed by atoms with Crippen LogP contribution in [-0.4, -0.2) is 6.54 Å². The molecule has 20 heavy (non-hydrogen) atoms. The van der Waals surface area contributed by atoms with Crippen molar-refractivity contribution in [1.29, 1.82) is 0 Å². The Balaban J connectivity index is 2.44. The van der Waals surface area contributed by atoms with Crippen molar-refractivity contribution >= 4 is 15.9 Å². The van der Waals surface area contributed by atoms with Crippen LogP contribution < -0.4 is 5.32 Å². The van der Waals surface area contributed by atoms with Crippen LogP contribution in [0.1, 0.15) is 42.1 Å². The fraction of sp³-hybridized carbons (Fsp3) is 0.333. The molecule has 0 fully saturated rings. The van der Waals surface area contributed by atoms with Crippen molar-refractivity contribution in [2.45, 2.75) is 33.2 Å². The van der Waals surface area contributed by atoms with E-state index in [2.05, 4.69) is 84.5 Å². The van der Waals surface area contributed by atoms with Crippen LogP contribution in [0.4, 0.5) is 0 Å². The molecule has 0 spiro atoms. The lowest BCUT2D eigenvalue weighted by Gasteiger charge is -2.21. The van der Waals surface area contributed by atoms with E-state index in [-0.39, 0.29) is 6.04 Å². The molecule has 1 nitrogen and oxygen atoms in total. The zero-order valence-corrected chi connectivity index (χ0v) is 14.0. The van der Waals surface area contributed by atoms with E-state index in [1.807, 2.05) is 0 Å². The molecule has 0 saturated heterocycles. The van der Waals surface area contributed by atoms with E-state index in [1.54, 1.807) is 0 Å².